The van der Waals surface area contributed by atoms with Crippen molar-refractivity contribution in [2.45, 2.75) is 53.6 Å². The van der Waals surface area contributed by atoms with E-state index in [9.17, 15) is 19.4 Å². The molecular weight excluding hydrogens is 309 g/mol. The third kappa shape index (κ3) is 8.25. The lowest BCUT2D eigenvalue weighted by atomic mass is 9.87. The number of hydrogen-bond acceptors (Lipinski definition) is 5. The van der Waals surface area contributed by atoms with E-state index < -0.39 is 25.2 Å². The van der Waals surface area contributed by atoms with Gasteiger partial charge in [-0.3, -0.25) is 13.8 Å². The van der Waals surface area contributed by atoms with E-state index in [1.54, 1.807) is 20.8 Å². The molecule has 0 bridgehead atoms. The van der Waals surface area contributed by atoms with E-state index in [0.717, 1.165) is 12.8 Å². The first-order valence-electron chi connectivity index (χ1n) is 7.63. The Balaban J connectivity index is 4.38. The Labute approximate surface area is 133 Å². The molecule has 1 amide bonds. The Kier molecular flexibility index (Phi) is 9.43. The van der Waals surface area contributed by atoms with Gasteiger partial charge in [0.1, 0.15) is 6.10 Å². The molecule has 0 heterocycles. The van der Waals surface area contributed by atoms with Crippen molar-refractivity contribution >= 4 is 13.7 Å². The van der Waals surface area contributed by atoms with E-state index in [4.69, 9.17) is 4.52 Å². The van der Waals surface area contributed by atoms with Crippen LogP contribution in [0.1, 0.15) is 47.5 Å². The second kappa shape index (κ2) is 9.63. The van der Waals surface area contributed by atoms with Crippen LogP contribution in [0, 0.1) is 11.3 Å². The molecule has 0 saturated heterocycles. The predicted molar refractivity (Wildman–Crippen MR) is 84.3 cm³/mol. The van der Waals surface area contributed by atoms with Crippen LogP contribution in [0.3, 0.4) is 0 Å². The zero-order valence-corrected chi connectivity index (χ0v) is 15.1. The molecule has 0 aliphatic carbocycles. The lowest BCUT2D eigenvalue weighted by molar-refractivity contribution is -0.137. The second-order valence-corrected chi connectivity index (χ2v) is 7.60. The molecule has 0 aliphatic rings. The summed E-state index contributed by atoms with van der Waals surface area (Å²) >= 11 is 0. The van der Waals surface area contributed by atoms with Gasteiger partial charge in [-0.05, 0) is 19.3 Å². The Bertz CT molecular complexity index is 388. The number of rotatable bonds is 11. The largest absolute Gasteiger partial charge is 0.472 e. The SMILES string of the molecule is CCOP(=O)(O)OCC(C)(C)C(O)C(=O)NCCC(C)CC. The molecule has 132 valence electrons. The van der Waals surface area contributed by atoms with E-state index in [-0.39, 0.29) is 13.2 Å². The predicted octanol–water partition coefficient (Wildman–Crippen LogP) is 2.08. The quantitative estimate of drug-likeness (QED) is 0.498. The first-order chi connectivity index (χ1) is 10.1. The fraction of sp³-hybridized carbons (Fsp3) is 0.929. The van der Waals surface area contributed by atoms with Gasteiger partial charge in [0.25, 0.3) is 0 Å². The average Bonchev–Trinajstić information content (AvgIpc) is 2.44. The van der Waals surface area contributed by atoms with E-state index >= 15 is 0 Å². The first-order valence-corrected chi connectivity index (χ1v) is 9.13. The number of aliphatic hydroxyl groups excluding tert-OH is 1. The van der Waals surface area contributed by atoms with Crippen molar-refractivity contribution in [3.63, 3.8) is 0 Å². The van der Waals surface area contributed by atoms with E-state index in [1.807, 2.05) is 0 Å². The number of nitrogens with one attached hydrogen (secondary N) is 1. The molecule has 22 heavy (non-hydrogen) atoms. The number of phosphoric acid groups is 1. The smallest absolute Gasteiger partial charge is 0.383 e. The van der Waals surface area contributed by atoms with Crippen LogP contribution in [0.15, 0.2) is 0 Å². The molecule has 7 nitrogen and oxygen atoms in total. The minimum absolute atomic E-state index is 0.0346. The lowest BCUT2D eigenvalue weighted by Crippen LogP contribution is -2.46. The van der Waals surface area contributed by atoms with Gasteiger partial charge in [-0.25, -0.2) is 4.57 Å². The zero-order chi connectivity index (χ0) is 17.4. The maximum Gasteiger partial charge on any atom is 0.472 e. The molecule has 0 fully saturated rings. The van der Waals surface area contributed by atoms with Crippen LogP contribution in [0.25, 0.3) is 0 Å². The summed E-state index contributed by atoms with van der Waals surface area (Å²) in [5.74, 6) is -0.0127. The summed E-state index contributed by atoms with van der Waals surface area (Å²) in [4.78, 5) is 21.3. The van der Waals surface area contributed by atoms with Crippen molar-refractivity contribution < 1.29 is 28.4 Å². The maximum absolute atomic E-state index is 11.9. The van der Waals surface area contributed by atoms with Crippen LogP contribution in [0.5, 0.6) is 0 Å². The lowest BCUT2D eigenvalue weighted by Gasteiger charge is -2.29. The fourth-order valence-corrected chi connectivity index (χ4v) is 2.52. The van der Waals surface area contributed by atoms with Crippen molar-refractivity contribution in [2.24, 2.45) is 11.3 Å². The monoisotopic (exact) mass is 339 g/mol. The summed E-state index contributed by atoms with van der Waals surface area (Å²) in [6.07, 6.45) is 0.523. The van der Waals surface area contributed by atoms with Crippen LogP contribution >= 0.6 is 7.82 Å². The number of aliphatic hydroxyl groups is 1. The van der Waals surface area contributed by atoms with E-state index in [2.05, 4.69) is 23.7 Å². The zero-order valence-electron chi connectivity index (χ0n) is 14.2. The number of hydrogen-bond donors (Lipinski definition) is 3. The van der Waals surface area contributed by atoms with Gasteiger partial charge >= 0.3 is 7.82 Å². The van der Waals surface area contributed by atoms with Crippen molar-refractivity contribution in [1.29, 1.82) is 0 Å². The van der Waals surface area contributed by atoms with Gasteiger partial charge in [0, 0.05) is 12.0 Å². The number of phosphoric ester groups is 1. The van der Waals surface area contributed by atoms with Gasteiger partial charge in [-0.2, -0.15) is 0 Å². The van der Waals surface area contributed by atoms with Gasteiger partial charge in [0.2, 0.25) is 5.91 Å². The summed E-state index contributed by atoms with van der Waals surface area (Å²) in [5, 5.41) is 12.8. The summed E-state index contributed by atoms with van der Waals surface area (Å²) in [7, 11) is -4.14. The van der Waals surface area contributed by atoms with E-state index in [0.29, 0.717) is 12.5 Å². The van der Waals surface area contributed by atoms with Gasteiger partial charge in [-0.1, -0.05) is 34.1 Å². The third-order valence-corrected chi connectivity index (χ3v) is 4.55. The van der Waals surface area contributed by atoms with E-state index in [1.165, 1.54) is 0 Å². The molecule has 0 aromatic carbocycles. The number of amides is 1. The van der Waals surface area contributed by atoms with Crippen LogP contribution in [-0.2, 0) is 18.4 Å². The molecule has 0 saturated carbocycles. The number of carbonyl (C=O) groups is 1. The van der Waals surface area contributed by atoms with Gasteiger partial charge in [0.05, 0.1) is 13.2 Å². The molecule has 0 aromatic heterocycles. The highest BCUT2D eigenvalue weighted by molar-refractivity contribution is 7.47. The summed E-state index contributed by atoms with van der Waals surface area (Å²) < 4.78 is 20.9. The van der Waals surface area contributed by atoms with Crippen molar-refractivity contribution in [3.8, 4) is 0 Å². The fourth-order valence-electron chi connectivity index (χ4n) is 1.62. The standard InChI is InChI=1S/C14H30NO6P/c1-6-11(3)8-9-15-13(17)12(16)14(4,5)10-21-22(18,19)20-7-2/h11-12,16H,6-10H2,1-5H3,(H,15,17)(H,18,19). The second-order valence-electron chi connectivity index (χ2n) is 6.14. The topological polar surface area (TPSA) is 105 Å². The molecule has 0 radical (unpaired) electrons. The normalized spacial score (nSPS) is 17.6. The van der Waals surface area contributed by atoms with Gasteiger partial charge in [0.15, 0.2) is 0 Å². The highest BCUT2D eigenvalue weighted by Crippen LogP contribution is 2.44. The number of carbonyl (C=O) groups excluding carboxylic acids is 1. The van der Waals surface area contributed by atoms with Crippen LogP contribution in [0.4, 0.5) is 0 Å². The van der Waals surface area contributed by atoms with Crippen molar-refractivity contribution in [1.82, 2.24) is 5.32 Å². The van der Waals surface area contributed by atoms with Crippen LogP contribution in [-0.4, -0.2) is 41.8 Å². The molecule has 0 spiro atoms. The molecule has 3 unspecified atom stereocenters. The minimum atomic E-state index is -4.14. The van der Waals surface area contributed by atoms with Gasteiger partial charge in [-0.15, -0.1) is 0 Å². The molecule has 3 N–H and O–H groups in total. The highest BCUT2D eigenvalue weighted by Gasteiger charge is 2.36. The third-order valence-electron chi connectivity index (χ3n) is 3.51. The summed E-state index contributed by atoms with van der Waals surface area (Å²) in [6.45, 7) is 9.14. The Hall–Kier alpha value is -0.460. The summed E-state index contributed by atoms with van der Waals surface area (Å²) in [6, 6.07) is 0. The molecule has 0 rings (SSSR count). The summed E-state index contributed by atoms with van der Waals surface area (Å²) in [5.41, 5.74) is -1.02. The Morgan fingerprint density at radius 2 is 1.91 bits per heavy atom. The Morgan fingerprint density at radius 1 is 1.32 bits per heavy atom. The molecule has 3 atom stereocenters. The van der Waals surface area contributed by atoms with Crippen molar-refractivity contribution in [2.75, 3.05) is 19.8 Å². The Morgan fingerprint density at radius 3 is 2.41 bits per heavy atom. The first kappa shape index (κ1) is 21.5. The molecule has 0 aromatic rings. The maximum atomic E-state index is 11.9. The minimum Gasteiger partial charge on any atom is -0.383 e. The van der Waals surface area contributed by atoms with Gasteiger partial charge < -0.3 is 15.3 Å². The van der Waals surface area contributed by atoms with Crippen LogP contribution in [0.2, 0.25) is 0 Å². The molecule has 0 aliphatic heterocycles. The average molecular weight is 339 g/mol. The highest BCUT2D eigenvalue weighted by atomic mass is 31.2. The van der Waals surface area contributed by atoms with Crippen LogP contribution < -0.4 is 5.32 Å². The molecular formula is C14H30NO6P. The molecule has 8 heteroatoms. The van der Waals surface area contributed by atoms with Crippen molar-refractivity contribution in [3.05, 3.63) is 0 Å².